The zero-order chi connectivity index (χ0) is 10.0. The van der Waals surface area contributed by atoms with E-state index in [0.717, 1.165) is 0 Å². The Labute approximate surface area is 78.4 Å². The molecular formula is C8H6F3NS. The molecule has 0 bridgehead atoms. The van der Waals surface area contributed by atoms with Gasteiger partial charge in [0.05, 0.1) is 4.99 Å². The van der Waals surface area contributed by atoms with E-state index in [2.05, 4.69) is 12.2 Å². The molecule has 0 aliphatic rings. The Kier molecular flexibility index (Phi) is 2.87. The minimum absolute atomic E-state index is 0.0376. The molecule has 1 aromatic rings. The standard InChI is InChI=1S/C8H6F3NS/c9-4-1-6(10)5(3-8(12)13)7(11)2-4/h1-2H,3H2,(H2,12,13). The predicted octanol–water partition coefficient (Wildman–Crippen LogP) is 1.93. The molecule has 13 heavy (non-hydrogen) atoms. The smallest absolute Gasteiger partial charge is 0.132 e. The quantitative estimate of drug-likeness (QED) is 0.746. The normalized spacial score (nSPS) is 10.1. The molecule has 0 saturated carbocycles. The Morgan fingerprint density at radius 2 is 1.69 bits per heavy atom. The molecule has 1 nitrogen and oxygen atoms in total. The summed E-state index contributed by atoms with van der Waals surface area (Å²) in [6.45, 7) is 0. The van der Waals surface area contributed by atoms with Crippen LogP contribution in [-0.4, -0.2) is 4.99 Å². The molecule has 0 heterocycles. The second-order valence-corrected chi connectivity index (χ2v) is 3.02. The number of rotatable bonds is 2. The van der Waals surface area contributed by atoms with E-state index < -0.39 is 17.5 Å². The molecule has 0 fully saturated rings. The first-order valence-electron chi connectivity index (χ1n) is 3.42. The van der Waals surface area contributed by atoms with Crippen molar-refractivity contribution in [2.45, 2.75) is 6.42 Å². The molecule has 0 radical (unpaired) electrons. The lowest BCUT2D eigenvalue weighted by molar-refractivity contribution is 0.530. The van der Waals surface area contributed by atoms with Crippen LogP contribution in [0.1, 0.15) is 5.56 Å². The van der Waals surface area contributed by atoms with Crippen LogP contribution < -0.4 is 5.73 Å². The highest BCUT2D eigenvalue weighted by Crippen LogP contribution is 2.15. The van der Waals surface area contributed by atoms with Crippen molar-refractivity contribution in [3.8, 4) is 0 Å². The van der Waals surface area contributed by atoms with Crippen molar-refractivity contribution < 1.29 is 13.2 Å². The Bertz CT molecular complexity index is 328. The summed E-state index contributed by atoms with van der Waals surface area (Å²) in [5.74, 6) is -2.89. The summed E-state index contributed by atoms with van der Waals surface area (Å²) in [5, 5.41) is 0. The Morgan fingerprint density at radius 1 is 1.23 bits per heavy atom. The van der Waals surface area contributed by atoms with Crippen LogP contribution in [0, 0.1) is 17.5 Å². The average Bonchev–Trinajstić information content (AvgIpc) is 1.96. The summed E-state index contributed by atoms with van der Waals surface area (Å²) < 4.78 is 38.2. The molecular weight excluding hydrogens is 199 g/mol. The zero-order valence-corrected chi connectivity index (χ0v) is 7.30. The average molecular weight is 205 g/mol. The molecule has 70 valence electrons. The van der Waals surface area contributed by atoms with Crippen molar-refractivity contribution in [2.24, 2.45) is 5.73 Å². The summed E-state index contributed by atoms with van der Waals surface area (Å²) in [6, 6.07) is 1.19. The first kappa shape index (κ1) is 9.98. The van der Waals surface area contributed by atoms with Gasteiger partial charge in [-0.1, -0.05) is 12.2 Å². The fourth-order valence-electron chi connectivity index (χ4n) is 0.915. The lowest BCUT2D eigenvalue weighted by atomic mass is 10.1. The highest BCUT2D eigenvalue weighted by Gasteiger charge is 2.11. The van der Waals surface area contributed by atoms with Crippen LogP contribution in [-0.2, 0) is 6.42 Å². The first-order valence-corrected chi connectivity index (χ1v) is 3.83. The molecule has 1 aromatic carbocycles. The van der Waals surface area contributed by atoms with Gasteiger partial charge in [-0.05, 0) is 0 Å². The topological polar surface area (TPSA) is 26.0 Å². The number of benzene rings is 1. The van der Waals surface area contributed by atoms with E-state index in [0.29, 0.717) is 12.1 Å². The molecule has 2 N–H and O–H groups in total. The SMILES string of the molecule is NC(=S)Cc1c(F)cc(F)cc1F. The van der Waals surface area contributed by atoms with Crippen LogP contribution in [0.5, 0.6) is 0 Å². The fraction of sp³-hybridized carbons (Fsp3) is 0.125. The fourth-order valence-corrected chi connectivity index (χ4v) is 1.06. The third-order valence-electron chi connectivity index (χ3n) is 1.46. The van der Waals surface area contributed by atoms with Gasteiger partial charge in [-0.2, -0.15) is 0 Å². The molecule has 0 unspecified atom stereocenters. The number of halogens is 3. The molecule has 0 aromatic heterocycles. The predicted molar refractivity (Wildman–Crippen MR) is 46.8 cm³/mol. The third-order valence-corrected chi connectivity index (χ3v) is 1.60. The van der Waals surface area contributed by atoms with E-state index in [1.165, 1.54) is 0 Å². The minimum Gasteiger partial charge on any atom is -0.393 e. The summed E-state index contributed by atoms with van der Waals surface area (Å²) in [5.41, 5.74) is 4.81. The van der Waals surface area contributed by atoms with Crippen LogP contribution in [0.4, 0.5) is 13.2 Å². The molecule has 0 spiro atoms. The minimum atomic E-state index is -0.967. The van der Waals surface area contributed by atoms with Gasteiger partial charge in [0.2, 0.25) is 0 Å². The first-order chi connectivity index (χ1) is 6.00. The van der Waals surface area contributed by atoms with Crippen molar-refractivity contribution in [2.75, 3.05) is 0 Å². The van der Waals surface area contributed by atoms with Crippen molar-refractivity contribution >= 4 is 17.2 Å². The van der Waals surface area contributed by atoms with E-state index in [9.17, 15) is 13.2 Å². The Hall–Kier alpha value is -1.10. The zero-order valence-electron chi connectivity index (χ0n) is 6.48. The summed E-state index contributed by atoms with van der Waals surface area (Å²) >= 11 is 4.48. The van der Waals surface area contributed by atoms with Crippen molar-refractivity contribution in [3.63, 3.8) is 0 Å². The van der Waals surface area contributed by atoms with E-state index in [1.54, 1.807) is 0 Å². The number of hydrogen-bond donors (Lipinski definition) is 1. The van der Waals surface area contributed by atoms with Gasteiger partial charge in [-0.25, -0.2) is 13.2 Å². The molecule has 0 aliphatic heterocycles. The van der Waals surface area contributed by atoms with E-state index >= 15 is 0 Å². The van der Waals surface area contributed by atoms with Crippen molar-refractivity contribution in [3.05, 3.63) is 35.1 Å². The molecule has 0 atom stereocenters. The van der Waals surface area contributed by atoms with Gasteiger partial charge in [0, 0.05) is 24.1 Å². The largest absolute Gasteiger partial charge is 0.393 e. The number of thiocarbonyl (C=S) groups is 1. The maximum Gasteiger partial charge on any atom is 0.132 e. The molecule has 1 rings (SSSR count). The molecule has 0 saturated heterocycles. The third kappa shape index (κ3) is 2.42. The van der Waals surface area contributed by atoms with Crippen molar-refractivity contribution in [1.29, 1.82) is 0 Å². The summed E-state index contributed by atoms with van der Waals surface area (Å²) in [4.78, 5) is -0.0376. The van der Waals surface area contributed by atoms with Gasteiger partial charge in [0.1, 0.15) is 17.5 Å². The molecule has 5 heteroatoms. The van der Waals surface area contributed by atoms with Gasteiger partial charge in [0.15, 0.2) is 0 Å². The highest BCUT2D eigenvalue weighted by atomic mass is 32.1. The van der Waals surface area contributed by atoms with E-state index in [1.807, 2.05) is 0 Å². The maximum atomic E-state index is 12.9. The number of nitrogens with two attached hydrogens (primary N) is 1. The van der Waals surface area contributed by atoms with E-state index in [-0.39, 0.29) is 17.0 Å². The Morgan fingerprint density at radius 3 is 2.08 bits per heavy atom. The van der Waals surface area contributed by atoms with Crippen LogP contribution >= 0.6 is 12.2 Å². The monoisotopic (exact) mass is 205 g/mol. The number of hydrogen-bond acceptors (Lipinski definition) is 1. The lowest BCUT2D eigenvalue weighted by Crippen LogP contribution is -2.13. The highest BCUT2D eigenvalue weighted by molar-refractivity contribution is 7.80. The second-order valence-electron chi connectivity index (χ2n) is 2.49. The van der Waals surface area contributed by atoms with E-state index in [4.69, 9.17) is 5.73 Å². The van der Waals surface area contributed by atoms with Gasteiger partial charge >= 0.3 is 0 Å². The van der Waals surface area contributed by atoms with Gasteiger partial charge in [0.25, 0.3) is 0 Å². The summed E-state index contributed by atoms with van der Waals surface area (Å²) in [7, 11) is 0. The van der Waals surface area contributed by atoms with Crippen LogP contribution in [0.25, 0.3) is 0 Å². The maximum absolute atomic E-state index is 12.9. The van der Waals surface area contributed by atoms with Crippen LogP contribution in [0.3, 0.4) is 0 Å². The molecule has 0 aliphatic carbocycles. The van der Waals surface area contributed by atoms with Gasteiger partial charge in [-0.15, -0.1) is 0 Å². The van der Waals surface area contributed by atoms with Crippen molar-refractivity contribution in [1.82, 2.24) is 0 Å². The van der Waals surface area contributed by atoms with Crippen LogP contribution in [0.2, 0.25) is 0 Å². The Balaban J connectivity index is 3.13. The lowest BCUT2D eigenvalue weighted by Gasteiger charge is -2.03. The molecule has 0 amide bonds. The van der Waals surface area contributed by atoms with Gasteiger partial charge < -0.3 is 5.73 Å². The van der Waals surface area contributed by atoms with Gasteiger partial charge in [-0.3, -0.25) is 0 Å². The second kappa shape index (κ2) is 3.74. The van der Waals surface area contributed by atoms with Crippen LogP contribution in [0.15, 0.2) is 12.1 Å². The summed E-state index contributed by atoms with van der Waals surface area (Å²) in [6.07, 6.45) is -0.201.